The van der Waals surface area contributed by atoms with Crippen LogP contribution in [0, 0.1) is 22.0 Å². The first-order valence-electron chi connectivity index (χ1n) is 10.2. The van der Waals surface area contributed by atoms with Crippen LogP contribution in [0.3, 0.4) is 0 Å². The van der Waals surface area contributed by atoms with Crippen LogP contribution in [0.5, 0.6) is 5.75 Å². The minimum atomic E-state index is -4.95. The van der Waals surface area contributed by atoms with E-state index < -0.39 is 22.7 Å². The topological polar surface area (TPSA) is 133 Å². The third-order valence-electron chi connectivity index (χ3n) is 5.32. The summed E-state index contributed by atoms with van der Waals surface area (Å²) < 4.78 is 46.0. The zero-order chi connectivity index (χ0) is 24.9. The van der Waals surface area contributed by atoms with E-state index in [4.69, 9.17) is 4.74 Å². The molecule has 1 aliphatic carbocycles. The number of aromatic nitrogens is 1. The highest BCUT2D eigenvalue weighted by molar-refractivity contribution is 5.92. The molecule has 0 bridgehead atoms. The fourth-order valence-electron chi connectivity index (χ4n) is 3.66. The molecule has 2 aromatic rings. The van der Waals surface area contributed by atoms with Gasteiger partial charge in [0.15, 0.2) is 0 Å². The first kappa shape index (κ1) is 24.7. The van der Waals surface area contributed by atoms with Gasteiger partial charge < -0.3 is 20.1 Å². The van der Waals surface area contributed by atoms with Crippen molar-refractivity contribution in [1.29, 1.82) is 0 Å². The number of carbonyl (C=O) groups excluding carboxylic acids is 2. The molecule has 2 N–H and O–H groups in total. The molecule has 0 aliphatic heterocycles. The molecule has 34 heavy (non-hydrogen) atoms. The van der Waals surface area contributed by atoms with Crippen LogP contribution in [0.2, 0.25) is 0 Å². The summed E-state index contributed by atoms with van der Waals surface area (Å²) in [6, 6.07) is 5.48. The van der Waals surface area contributed by atoms with E-state index in [0.717, 1.165) is 18.2 Å². The van der Waals surface area contributed by atoms with Crippen molar-refractivity contribution >= 4 is 34.8 Å². The number of nitro groups is 1. The lowest BCUT2D eigenvalue weighted by Gasteiger charge is -2.25. The van der Waals surface area contributed by atoms with Crippen molar-refractivity contribution in [1.82, 2.24) is 4.98 Å². The Morgan fingerprint density at radius 3 is 2.35 bits per heavy atom. The van der Waals surface area contributed by atoms with Gasteiger partial charge in [-0.25, -0.2) is 4.98 Å². The number of esters is 1. The molecule has 0 spiro atoms. The number of methoxy groups -OCH3 is 1. The van der Waals surface area contributed by atoms with Crippen molar-refractivity contribution in [3.05, 3.63) is 46.6 Å². The Morgan fingerprint density at radius 1 is 1.12 bits per heavy atom. The van der Waals surface area contributed by atoms with Crippen LogP contribution >= 0.6 is 0 Å². The van der Waals surface area contributed by atoms with Crippen molar-refractivity contribution in [2.75, 3.05) is 17.7 Å². The van der Waals surface area contributed by atoms with E-state index in [0.29, 0.717) is 25.7 Å². The summed E-state index contributed by atoms with van der Waals surface area (Å²) in [4.78, 5) is 38.6. The standard InChI is InChI=1S/C21H21F3N4O6/c1-33-20(30)13-4-2-12(3-5-13)19(29)27-18-9-6-14(11-25-18)26-16-10-15(34-21(22,23)24)7-8-17(16)28(31)32/h6-13,26H,2-5H2,1H3,(H,25,27,29). The molecule has 1 saturated carbocycles. The first-order chi connectivity index (χ1) is 16.1. The summed E-state index contributed by atoms with van der Waals surface area (Å²) in [6.45, 7) is 0. The summed E-state index contributed by atoms with van der Waals surface area (Å²) in [6.07, 6.45) is -1.51. The number of carbonyl (C=O) groups is 2. The van der Waals surface area contributed by atoms with E-state index in [2.05, 4.69) is 20.4 Å². The highest BCUT2D eigenvalue weighted by atomic mass is 19.4. The molecule has 10 nitrogen and oxygen atoms in total. The summed E-state index contributed by atoms with van der Waals surface area (Å²) in [5.74, 6) is -1.40. The molecule has 0 saturated heterocycles. The molecule has 1 heterocycles. The number of pyridine rings is 1. The van der Waals surface area contributed by atoms with Gasteiger partial charge in [0.1, 0.15) is 17.3 Å². The fourth-order valence-corrected chi connectivity index (χ4v) is 3.66. The minimum Gasteiger partial charge on any atom is -0.469 e. The number of anilines is 3. The van der Waals surface area contributed by atoms with E-state index in [1.54, 1.807) is 0 Å². The number of nitro benzene ring substituents is 1. The van der Waals surface area contributed by atoms with Crippen LogP contribution in [0.15, 0.2) is 36.5 Å². The number of nitrogens with zero attached hydrogens (tertiary/aromatic N) is 2. The van der Waals surface area contributed by atoms with Gasteiger partial charge in [0.05, 0.1) is 29.8 Å². The van der Waals surface area contributed by atoms with Gasteiger partial charge in [-0.15, -0.1) is 13.2 Å². The molecule has 13 heteroatoms. The van der Waals surface area contributed by atoms with Crippen molar-refractivity contribution in [3.8, 4) is 5.75 Å². The van der Waals surface area contributed by atoms with Gasteiger partial charge in [0.2, 0.25) is 5.91 Å². The number of alkyl halides is 3. The van der Waals surface area contributed by atoms with E-state index >= 15 is 0 Å². The van der Waals surface area contributed by atoms with Crippen molar-refractivity contribution < 1.29 is 37.2 Å². The number of benzene rings is 1. The molecule has 182 valence electrons. The van der Waals surface area contributed by atoms with Crippen LogP contribution in [-0.4, -0.2) is 35.3 Å². The zero-order valence-corrected chi connectivity index (χ0v) is 17.9. The first-order valence-corrected chi connectivity index (χ1v) is 10.2. The second kappa shape index (κ2) is 10.4. The Bertz CT molecular complexity index is 1050. The number of hydrogen-bond acceptors (Lipinski definition) is 8. The van der Waals surface area contributed by atoms with Crippen LogP contribution in [0.4, 0.5) is 36.1 Å². The van der Waals surface area contributed by atoms with Gasteiger partial charge in [-0.05, 0) is 43.9 Å². The average Bonchev–Trinajstić information content (AvgIpc) is 2.78. The number of rotatable bonds is 7. The summed E-state index contributed by atoms with van der Waals surface area (Å²) >= 11 is 0. The Balaban J connectivity index is 1.64. The maximum Gasteiger partial charge on any atom is 0.573 e. The molecule has 1 aromatic heterocycles. The lowest BCUT2D eigenvalue weighted by Crippen LogP contribution is -2.30. The lowest BCUT2D eigenvalue weighted by atomic mass is 9.81. The second-order valence-corrected chi connectivity index (χ2v) is 7.60. The van der Waals surface area contributed by atoms with Gasteiger partial charge in [0, 0.05) is 18.1 Å². The smallest absolute Gasteiger partial charge is 0.469 e. The summed E-state index contributed by atoms with van der Waals surface area (Å²) in [5.41, 5.74) is -0.453. The lowest BCUT2D eigenvalue weighted by molar-refractivity contribution is -0.384. The molecule has 1 amide bonds. The maximum absolute atomic E-state index is 12.5. The molecular formula is C21H21F3N4O6. The van der Waals surface area contributed by atoms with Gasteiger partial charge in [-0.2, -0.15) is 0 Å². The van der Waals surface area contributed by atoms with Crippen LogP contribution in [-0.2, 0) is 14.3 Å². The molecule has 1 aromatic carbocycles. The van der Waals surface area contributed by atoms with E-state index in [9.17, 15) is 32.9 Å². The SMILES string of the molecule is COC(=O)C1CCC(C(=O)Nc2ccc(Nc3cc(OC(F)(F)F)ccc3[N+](=O)[O-])cn2)CC1. The van der Waals surface area contributed by atoms with Crippen LogP contribution in [0.1, 0.15) is 25.7 Å². The average molecular weight is 482 g/mol. The second-order valence-electron chi connectivity index (χ2n) is 7.60. The quantitative estimate of drug-likeness (QED) is 0.334. The molecular weight excluding hydrogens is 461 g/mol. The Morgan fingerprint density at radius 2 is 1.79 bits per heavy atom. The normalized spacial score (nSPS) is 18.0. The monoisotopic (exact) mass is 482 g/mol. The van der Waals surface area contributed by atoms with E-state index in [1.165, 1.54) is 25.4 Å². The number of nitrogens with one attached hydrogen (secondary N) is 2. The number of amides is 1. The molecule has 1 fully saturated rings. The number of halogens is 3. The fraction of sp³-hybridized carbons (Fsp3) is 0.381. The van der Waals surface area contributed by atoms with Gasteiger partial charge >= 0.3 is 12.3 Å². The third-order valence-corrected chi connectivity index (χ3v) is 5.32. The maximum atomic E-state index is 12.5. The molecule has 0 unspecified atom stereocenters. The van der Waals surface area contributed by atoms with Crippen molar-refractivity contribution in [3.63, 3.8) is 0 Å². The highest BCUT2D eigenvalue weighted by Gasteiger charge is 2.32. The van der Waals surface area contributed by atoms with Crippen LogP contribution < -0.4 is 15.4 Å². The molecule has 0 radical (unpaired) electrons. The zero-order valence-electron chi connectivity index (χ0n) is 17.9. The van der Waals surface area contributed by atoms with E-state index in [1.807, 2.05) is 0 Å². The molecule has 3 rings (SSSR count). The Kier molecular flexibility index (Phi) is 7.54. The summed E-state index contributed by atoms with van der Waals surface area (Å²) in [7, 11) is 1.33. The molecule has 1 aliphatic rings. The Labute approximate surface area is 191 Å². The van der Waals surface area contributed by atoms with Gasteiger partial charge in [-0.1, -0.05) is 0 Å². The van der Waals surface area contributed by atoms with Crippen molar-refractivity contribution in [2.24, 2.45) is 11.8 Å². The van der Waals surface area contributed by atoms with Crippen molar-refractivity contribution in [2.45, 2.75) is 32.0 Å². The highest BCUT2D eigenvalue weighted by Crippen LogP contribution is 2.34. The van der Waals surface area contributed by atoms with E-state index in [-0.39, 0.29) is 40.9 Å². The van der Waals surface area contributed by atoms with Gasteiger partial charge in [-0.3, -0.25) is 19.7 Å². The largest absolute Gasteiger partial charge is 0.573 e. The third kappa shape index (κ3) is 6.56. The molecule has 0 atom stereocenters. The summed E-state index contributed by atoms with van der Waals surface area (Å²) in [5, 5.41) is 16.5. The predicted octanol–water partition coefficient (Wildman–Crippen LogP) is 4.55. The van der Waals surface area contributed by atoms with Crippen LogP contribution in [0.25, 0.3) is 0 Å². The Hall–Kier alpha value is -3.90. The minimum absolute atomic E-state index is 0.207. The van der Waals surface area contributed by atoms with Gasteiger partial charge in [0.25, 0.3) is 5.69 Å². The number of ether oxygens (including phenoxy) is 2. The number of hydrogen-bond donors (Lipinski definition) is 2. The predicted molar refractivity (Wildman–Crippen MR) is 113 cm³/mol.